The maximum Gasteiger partial charge on any atom is 0.286 e. The van der Waals surface area contributed by atoms with Crippen molar-refractivity contribution in [3.05, 3.63) is 82.0 Å². The van der Waals surface area contributed by atoms with E-state index in [-0.39, 0.29) is 52.2 Å². The largest absolute Gasteiger partial charge is 0.490 e. The Kier molecular flexibility index (Phi) is 10.6. The van der Waals surface area contributed by atoms with Crippen molar-refractivity contribution in [3.8, 4) is 11.6 Å². The minimum atomic E-state index is -3.68. The number of ether oxygens (including phenoxy) is 4. The smallest absolute Gasteiger partial charge is 0.286 e. The van der Waals surface area contributed by atoms with Gasteiger partial charge in [-0.1, -0.05) is 36.7 Å². The van der Waals surface area contributed by atoms with Crippen molar-refractivity contribution in [1.82, 2.24) is 14.5 Å². The van der Waals surface area contributed by atoms with Crippen LogP contribution in [0.3, 0.4) is 0 Å². The number of hydrogen-bond donors (Lipinski definition) is 1. The van der Waals surface area contributed by atoms with E-state index in [0.29, 0.717) is 24.8 Å². The van der Waals surface area contributed by atoms with E-state index in [9.17, 15) is 13.8 Å². The molecule has 3 heterocycles. The van der Waals surface area contributed by atoms with Gasteiger partial charge in [0, 0.05) is 56.6 Å². The average Bonchev–Trinajstić information content (AvgIpc) is 3.44. The second kappa shape index (κ2) is 15.1. The zero-order valence-corrected chi connectivity index (χ0v) is 32.5. The number of rotatable bonds is 5. The Labute approximate surface area is 316 Å². The summed E-state index contributed by atoms with van der Waals surface area (Å²) in [5.41, 5.74) is 3.30. The molecule has 2 bridgehead atoms. The Morgan fingerprint density at radius 3 is 2.68 bits per heavy atom. The number of hydrogen-bond acceptors (Lipinski definition) is 9. The number of carbonyl (C=O) groups excluding carboxylic acids is 2. The lowest BCUT2D eigenvalue weighted by molar-refractivity contribution is -0.0827. The summed E-state index contributed by atoms with van der Waals surface area (Å²) in [6.07, 6.45) is 9.64. The van der Waals surface area contributed by atoms with Crippen molar-refractivity contribution in [1.29, 1.82) is 0 Å². The normalized spacial score (nSPS) is 30.5. The van der Waals surface area contributed by atoms with Crippen molar-refractivity contribution in [3.63, 3.8) is 0 Å². The first-order valence-electron chi connectivity index (χ1n) is 18.2. The first-order valence-corrected chi connectivity index (χ1v) is 20.2. The topological polar surface area (TPSA) is 134 Å². The lowest BCUT2D eigenvalue weighted by Gasteiger charge is -2.47. The second-order valence-corrected chi connectivity index (χ2v) is 17.3. The van der Waals surface area contributed by atoms with Gasteiger partial charge in [-0.05, 0) is 91.3 Å². The number of anilines is 1. The Morgan fingerprint density at radius 2 is 1.94 bits per heavy atom. The number of allylic oxidation sites excluding steroid dienone is 1. The third-order valence-electron chi connectivity index (χ3n) is 11.3. The van der Waals surface area contributed by atoms with Gasteiger partial charge in [0.25, 0.3) is 11.8 Å². The van der Waals surface area contributed by atoms with Crippen molar-refractivity contribution < 1.29 is 32.7 Å². The molecule has 2 unspecified atom stereocenters. The van der Waals surface area contributed by atoms with Gasteiger partial charge >= 0.3 is 0 Å². The molecule has 4 aliphatic rings. The van der Waals surface area contributed by atoms with E-state index in [1.54, 1.807) is 33.4 Å². The Bertz CT molecular complexity index is 2040. The van der Waals surface area contributed by atoms with Gasteiger partial charge in [-0.15, -0.1) is 9.46 Å². The van der Waals surface area contributed by atoms with Crippen LogP contribution < -0.4 is 19.1 Å². The predicted molar refractivity (Wildman–Crippen MR) is 203 cm³/mol. The average molecular weight is 766 g/mol. The highest BCUT2D eigenvalue weighted by Crippen LogP contribution is 2.47. The van der Waals surface area contributed by atoms with Crippen molar-refractivity contribution in [2.75, 3.05) is 51.7 Å². The Balaban J connectivity index is 1.33. The molecule has 3 aromatic rings. The Morgan fingerprint density at radius 1 is 1.11 bits per heavy atom. The van der Waals surface area contributed by atoms with Crippen LogP contribution in [-0.4, -0.2) is 84.8 Å². The molecule has 53 heavy (non-hydrogen) atoms. The highest BCUT2D eigenvalue weighted by atomic mass is 35.5. The molecule has 7 rings (SSSR count). The van der Waals surface area contributed by atoms with Crippen molar-refractivity contribution in [2.45, 2.75) is 56.7 Å². The summed E-state index contributed by atoms with van der Waals surface area (Å²) < 4.78 is 47.0. The van der Waals surface area contributed by atoms with Crippen LogP contribution in [0.15, 0.2) is 59.1 Å². The number of fused-ring (bicyclic) bond motifs is 4. The minimum Gasteiger partial charge on any atom is -0.490 e. The standard InChI is InChI=1S/C39H48ClN5O7S/c1-24-8-14-34(49-3)35(50-4)29-12-9-27(29)19-45-22-39(16-6-7-25-17-28(40)11-13-31(25)39)23-52-33-15-10-26(18-32(33)45)36(46)42-53(48,21-24)43-37(47)30-20-44(2)41-38(30)51-5/h8,10-11,13-15,17-18,20,24,27,29,34-35H,6-7,9,12,16,19,21-23H2,1-5H3,(H,42,43,46,47,48)/b14-8-/t24-,27-,29+,34?,35-,39-,53?/m0/s1. The number of aromatic nitrogens is 2. The summed E-state index contributed by atoms with van der Waals surface area (Å²) in [6.45, 7) is 3.73. The second-order valence-electron chi connectivity index (χ2n) is 14.9. The third kappa shape index (κ3) is 7.45. The summed E-state index contributed by atoms with van der Waals surface area (Å²) in [5, 5.41) is 4.87. The molecule has 12 nitrogen and oxygen atoms in total. The molecular weight excluding hydrogens is 718 g/mol. The van der Waals surface area contributed by atoms with Gasteiger partial charge in [0.1, 0.15) is 27.3 Å². The molecule has 2 aliphatic heterocycles. The van der Waals surface area contributed by atoms with E-state index in [4.69, 9.17) is 30.5 Å². The van der Waals surface area contributed by atoms with Gasteiger partial charge < -0.3 is 23.8 Å². The van der Waals surface area contributed by atoms with Crippen LogP contribution in [0.5, 0.6) is 11.6 Å². The molecule has 1 aromatic heterocycles. The molecule has 2 amide bonds. The molecule has 14 heteroatoms. The van der Waals surface area contributed by atoms with E-state index in [1.807, 2.05) is 31.2 Å². The SMILES string of the molecule is COc1nn(C)cc1C(=O)NS1(=O)=NC(=O)c2ccc3c(c2)N(C[C@@H]2CC[C@H]2[C@H](OC)C(OC)/C=C\[C@H](C)C1)C[C@@]1(CCCc2cc(Cl)ccc21)CO3. The minimum absolute atomic E-state index is 0.0654. The number of aryl methyl sites for hydroxylation is 2. The number of nitrogens with zero attached hydrogens (tertiary/aromatic N) is 4. The van der Waals surface area contributed by atoms with Crippen LogP contribution in [0.4, 0.5) is 5.69 Å². The highest BCUT2D eigenvalue weighted by Gasteiger charge is 2.45. The number of amides is 2. The molecule has 1 N–H and O–H groups in total. The number of benzene rings is 2. The van der Waals surface area contributed by atoms with Crippen LogP contribution in [0.1, 0.15) is 64.4 Å². The van der Waals surface area contributed by atoms with Crippen LogP contribution in [0, 0.1) is 17.8 Å². The first-order chi connectivity index (χ1) is 25.4. The summed E-state index contributed by atoms with van der Waals surface area (Å²) in [4.78, 5) is 30.0. The van der Waals surface area contributed by atoms with Crippen LogP contribution in [-0.2, 0) is 38.3 Å². The maximum absolute atomic E-state index is 14.7. The highest BCUT2D eigenvalue weighted by molar-refractivity contribution is 7.92. The summed E-state index contributed by atoms with van der Waals surface area (Å²) in [6, 6.07) is 11.4. The quantitative estimate of drug-likeness (QED) is 0.322. The van der Waals surface area contributed by atoms with E-state index in [2.05, 4.69) is 31.2 Å². The number of nitrogens with one attached hydrogen (secondary N) is 1. The molecule has 1 spiro atoms. The molecule has 2 aromatic carbocycles. The third-order valence-corrected chi connectivity index (χ3v) is 13.5. The number of methoxy groups -OCH3 is 3. The van der Waals surface area contributed by atoms with Gasteiger partial charge in [0.2, 0.25) is 5.88 Å². The van der Waals surface area contributed by atoms with Crippen LogP contribution in [0.25, 0.3) is 0 Å². The summed E-state index contributed by atoms with van der Waals surface area (Å²) in [5.74, 6) is -0.655. The molecule has 0 radical (unpaired) electrons. The van der Waals surface area contributed by atoms with Gasteiger partial charge in [-0.2, -0.15) is 0 Å². The first kappa shape index (κ1) is 37.4. The monoisotopic (exact) mass is 765 g/mol. The van der Waals surface area contributed by atoms with Crippen molar-refractivity contribution in [2.24, 2.45) is 29.2 Å². The zero-order chi connectivity index (χ0) is 37.5. The summed E-state index contributed by atoms with van der Waals surface area (Å²) >= 11 is 6.47. The van der Waals surface area contributed by atoms with Gasteiger partial charge in [-0.25, -0.2) is 4.21 Å². The molecular formula is C39H48ClN5O7S. The van der Waals surface area contributed by atoms with E-state index in [0.717, 1.165) is 49.4 Å². The number of halogens is 1. The van der Waals surface area contributed by atoms with Gasteiger partial charge in [0.15, 0.2) is 0 Å². The molecule has 1 fully saturated rings. The molecule has 1 saturated carbocycles. The predicted octanol–water partition coefficient (Wildman–Crippen LogP) is 5.77. The maximum atomic E-state index is 14.7. The van der Waals surface area contributed by atoms with Crippen LogP contribution in [0.2, 0.25) is 5.02 Å². The van der Waals surface area contributed by atoms with Gasteiger partial charge in [0.05, 0.1) is 31.3 Å². The lowest BCUT2D eigenvalue weighted by atomic mass is 9.67. The van der Waals surface area contributed by atoms with E-state index < -0.39 is 21.7 Å². The van der Waals surface area contributed by atoms with Gasteiger partial charge in [-0.3, -0.25) is 19.0 Å². The Hall–Kier alpha value is -3.91. The van der Waals surface area contributed by atoms with Crippen LogP contribution >= 0.6 is 11.6 Å². The molecule has 2 aliphatic carbocycles. The summed E-state index contributed by atoms with van der Waals surface area (Å²) in [7, 11) is 2.75. The fraction of sp³-hybridized carbons (Fsp3) is 0.513. The molecule has 7 atom stereocenters. The van der Waals surface area contributed by atoms with E-state index in [1.165, 1.54) is 29.1 Å². The fourth-order valence-electron chi connectivity index (χ4n) is 8.63. The molecule has 284 valence electrons. The molecule has 0 saturated heterocycles. The fourth-order valence-corrected chi connectivity index (χ4v) is 10.6. The number of carbonyl (C=O) groups is 2. The lowest BCUT2D eigenvalue weighted by Crippen LogP contribution is -2.51. The van der Waals surface area contributed by atoms with Crippen molar-refractivity contribution >= 4 is 39.0 Å². The van der Waals surface area contributed by atoms with E-state index >= 15 is 0 Å². The zero-order valence-electron chi connectivity index (χ0n) is 30.9.